The first kappa shape index (κ1) is 26.9. The average Bonchev–Trinajstić information content (AvgIpc) is 2.94. The molecule has 38 heavy (non-hydrogen) atoms. The smallest absolute Gasteiger partial charge is 0.338 e. The highest BCUT2D eigenvalue weighted by Crippen LogP contribution is 2.30. The molecule has 8 nitrogen and oxygen atoms in total. The minimum atomic E-state index is -0.646. The molecule has 1 aliphatic heterocycles. The van der Waals surface area contributed by atoms with Crippen LogP contribution < -0.4 is 10.1 Å². The number of methoxy groups -OCH3 is 1. The molecule has 1 fully saturated rings. The lowest BCUT2D eigenvalue weighted by atomic mass is 10.1. The predicted molar refractivity (Wildman–Crippen MR) is 149 cm³/mol. The number of benzene rings is 3. The number of ether oxygens (including phenoxy) is 2. The van der Waals surface area contributed by atoms with E-state index in [2.05, 4.69) is 5.32 Å². The molecule has 3 aromatic carbocycles. The number of anilines is 1. The zero-order chi connectivity index (χ0) is 26.9. The Morgan fingerprint density at radius 3 is 2.39 bits per heavy atom. The third kappa shape index (κ3) is 7.01. The van der Waals surface area contributed by atoms with Gasteiger partial charge in [-0.15, -0.1) is 0 Å². The van der Waals surface area contributed by atoms with Crippen molar-refractivity contribution in [1.29, 1.82) is 0 Å². The molecular formula is C29H29N3O5S. The number of para-hydroxylation sites is 1. The SMILES string of the molecule is CCOC(=O)c1ccc(NC(=O)[C@@H]2CC(=O)N(CCc3ccc(OC)cc3)C(=Nc3ccccc3)S2)cc1. The van der Waals surface area contributed by atoms with Crippen molar-refractivity contribution in [3.63, 3.8) is 0 Å². The van der Waals surface area contributed by atoms with Gasteiger partial charge in [-0.3, -0.25) is 14.5 Å². The Balaban J connectivity index is 1.48. The molecule has 0 saturated carbocycles. The quantitative estimate of drug-likeness (QED) is 0.387. The van der Waals surface area contributed by atoms with Crippen LogP contribution in [0, 0.1) is 0 Å². The summed E-state index contributed by atoms with van der Waals surface area (Å²) >= 11 is 1.27. The summed E-state index contributed by atoms with van der Waals surface area (Å²) in [7, 11) is 1.62. The van der Waals surface area contributed by atoms with Gasteiger partial charge in [-0.05, 0) is 67.4 Å². The fourth-order valence-corrected chi connectivity index (χ4v) is 4.96. The van der Waals surface area contributed by atoms with Gasteiger partial charge in [0.25, 0.3) is 0 Å². The lowest BCUT2D eigenvalue weighted by Crippen LogP contribution is -2.46. The van der Waals surface area contributed by atoms with Gasteiger partial charge in [-0.1, -0.05) is 42.1 Å². The van der Waals surface area contributed by atoms with Gasteiger partial charge in [-0.2, -0.15) is 0 Å². The highest BCUT2D eigenvalue weighted by atomic mass is 32.2. The van der Waals surface area contributed by atoms with Crippen molar-refractivity contribution in [3.05, 3.63) is 90.0 Å². The van der Waals surface area contributed by atoms with E-state index in [1.54, 1.807) is 43.2 Å². The van der Waals surface area contributed by atoms with Crippen LogP contribution in [-0.2, 0) is 20.7 Å². The number of hydrogen-bond acceptors (Lipinski definition) is 7. The molecule has 0 radical (unpaired) electrons. The number of hydrogen-bond donors (Lipinski definition) is 1. The molecule has 3 aromatic rings. The maximum Gasteiger partial charge on any atom is 0.338 e. The molecule has 1 aliphatic rings. The summed E-state index contributed by atoms with van der Waals surface area (Å²) in [6, 6.07) is 23.5. The molecule has 1 atom stereocenters. The molecule has 0 aliphatic carbocycles. The number of thioether (sulfide) groups is 1. The number of rotatable bonds is 9. The molecular weight excluding hydrogens is 502 g/mol. The van der Waals surface area contributed by atoms with Crippen molar-refractivity contribution >= 4 is 46.1 Å². The number of nitrogens with zero attached hydrogens (tertiary/aromatic N) is 2. The van der Waals surface area contributed by atoms with E-state index in [1.807, 2.05) is 54.6 Å². The topological polar surface area (TPSA) is 97.3 Å². The van der Waals surface area contributed by atoms with E-state index in [9.17, 15) is 14.4 Å². The second kappa shape index (κ2) is 12.9. The minimum Gasteiger partial charge on any atom is -0.497 e. The third-order valence-corrected chi connectivity index (χ3v) is 7.05. The summed E-state index contributed by atoms with van der Waals surface area (Å²) in [5.74, 6) is -0.114. The van der Waals surface area contributed by atoms with Gasteiger partial charge in [0, 0.05) is 18.7 Å². The molecule has 196 valence electrons. The fraction of sp³-hybridized carbons (Fsp3) is 0.241. The minimum absolute atomic E-state index is 0.0494. The van der Waals surface area contributed by atoms with E-state index < -0.39 is 11.2 Å². The van der Waals surface area contributed by atoms with E-state index in [-0.39, 0.29) is 24.8 Å². The summed E-state index contributed by atoms with van der Waals surface area (Å²) in [4.78, 5) is 44.6. The van der Waals surface area contributed by atoms with Crippen LogP contribution in [0.2, 0.25) is 0 Å². The number of carbonyl (C=O) groups is 3. The van der Waals surface area contributed by atoms with Crippen LogP contribution in [0.3, 0.4) is 0 Å². The Morgan fingerprint density at radius 2 is 1.74 bits per heavy atom. The van der Waals surface area contributed by atoms with Crippen LogP contribution in [0.1, 0.15) is 29.3 Å². The van der Waals surface area contributed by atoms with Crippen LogP contribution in [0.5, 0.6) is 5.75 Å². The van der Waals surface area contributed by atoms with Gasteiger partial charge < -0.3 is 14.8 Å². The first-order valence-electron chi connectivity index (χ1n) is 12.3. The molecule has 0 aromatic heterocycles. The zero-order valence-electron chi connectivity index (χ0n) is 21.3. The van der Waals surface area contributed by atoms with Crippen molar-refractivity contribution in [2.45, 2.75) is 25.0 Å². The average molecular weight is 532 g/mol. The van der Waals surface area contributed by atoms with E-state index in [1.165, 1.54) is 11.8 Å². The van der Waals surface area contributed by atoms with Crippen LogP contribution in [0.15, 0.2) is 83.9 Å². The molecule has 1 saturated heterocycles. The highest BCUT2D eigenvalue weighted by Gasteiger charge is 2.35. The second-order valence-electron chi connectivity index (χ2n) is 8.47. The first-order chi connectivity index (χ1) is 18.5. The molecule has 2 amide bonds. The van der Waals surface area contributed by atoms with Crippen LogP contribution in [0.25, 0.3) is 0 Å². The number of esters is 1. The zero-order valence-corrected chi connectivity index (χ0v) is 22.1. The molecule has 0 spiro atoms. The maximum atomic E-state index is 13.2. The Bertz CT molecular complexity index is 1290. The van der Waals surface area contributed by atoms with Gasteiger partial charge in [0.2, 0.25) is 11.8 Å². The van der Waals surface area contributed by atoms with Gasteiger partial charge in [0.15, 0.2) is 5.17 Å². The van der Waals surface area contributed by atoms with E-state index in [4.69, 9.17) is 14.5 Å². The van der Waals surface area contributed by atoms with Crippen LogP contribution in [0.4, 0.5) is 11.4 Å². The molecule has 4 rings (SSSR count). The van der Waals surface area contributed by atoms with Crippen molar-refractivity contribution in [3.8, 4) is 5.75 Å². The molecule has 1 N–H and O–H groups in total. The van der Waals surface area contributed by atoms with Crippen molar-refractivity contribution in [2.75, 3.05) is 25.6 Å². The van der Waals surface area contributed by atoms with Crippen molar-refractivity contribution in [2.24, 2.45) is 4.99 Å². The lowest BCUT2D eigenvalue weighted by molar-refractivity contribution is -0.129. The van der Waals surface area contributed by atoms with Crippen molar-refractivity contribution in [1.82, 2.24) is 4.90 Å². The summed E-state index contributed by atoms with van der Waals surface area (Å²) < 4.78 is 10.2. The Kier molecular flexibility index (Phi) is 9.16. The van der Waals surface area contributed by atoms with Crippen LogP contribution >= 0.6 is 11.8 Å². The van der Waals surface area contributed by atoms with Gasteiger partial charge >= 0.3 is 5.97 Å². The summed E-state index contributed by atoms with van der Waals surface area (Å²) in [6.07, 6.45) is 0.682. The summed E-state index contributed by atoms with van der Waals surface area (Å²) in [5.41, 5.74) is 2.69. The highest BCUT2D eigenvalue weighted by molar-refractivity contribution is 8.15. The number of amidine groups is 1. The number of nitrogens with one attached hydrogen (secondary N) is 1. The summed E-state index contributed by atoms with van der Waals surface area (Å²) in [6.45, 7) is 2.47. The van der Waals surface area contributed by atoms with E-state index >= 15 is 0 Å². The normalized spacial score (nSPS) is 16.3. The number of carbonyl (C=O) groups excluding carboxylic acids is 3. The predicted octanol–water partition coefficient (Wildman–Crippen LogP) is 5.07. The first-order valence-corrected chi connectivity index (χ1v) is 13.2. The third-order valence-electron chi connectivity index (χ3n) is 5.86. The van der Waals surface area contributed by atoms with Crippen molar-refractivity contribution < 1.29 is 23.9 Å². The number of aliphatic imine (C=N–C) groups is 1. The lowest BCUT2D eigenvalue weighted by Gasteiger charge is -2.32. The Labute approximate surface area is 226 Å². The standard InChI is InChI=1S/C29H29N3O5S/c1-3-37-28(35)21-11-13-23(14-12-21)30-27(34)25-19-26(33)32(18-17-20-9-15-24(36-2)16-10-20)29(38-25)31-22-7-5-4-6-8-22/h4-16,25H,3,17-19H2,1-2H3,(H,30,34)/t25-/m0/s1. The maximum absolute atomic E-state index is 13.2. The van der Waals surface area contributed by atoms with E-state index in [0.29, 0.717) is 35.1 Å². The summed E-state index contributed by atoms with van der Waals surface area (Å²) in [5, 5.41) is 2.69. The Morgan fingerprint density at radius 1 is 1.03 bits per heavy atom. The van der Waals surface area contributed by atoms with Crippen LogP contribution in [-0.4, -0.2) is 53.4 Å². The van der Waals surface area contributed by atoms with Gasteiger partial charge in [-0.25, -0.2) is 9.79 Å². The largest absolute Gasteiger partial charge is 0.497 e. The molecule has 1 heterocycles. The number of amides is 2. The Hall–Kier alpha value is -4.11. The molecule has 0 bridgehead atoms. The monoisotopic (exact) mass is 531 g/mol. The van der Waals surface area contributed by atoms with Gasteiger partial charge in [0.05, 0.1) is 25.0 Å². The van der Waals surface area contributed by atoms with Gasteiger partial charge in [0.1, 0.15) is 11.0 Å². The second-order valence-corrected chi connectivity index (χ2v) is 9.64. The molecule has 0 unspecified atom stereocenters. The molecule has 9 heteroatoms. The van der Waals surface area contributed by atoms with E-state index in [0.717, 1.165) is 11.3 Å². The fourth-order valence-electron chi connectivity index (χ4n) is 3.83.